The molecule has 0 spiro atoms. The van der Waals surface area contributed by atoms with Crippen molar-refractivity contribution in [1.29, 1.82) is 0 Å². The maximum absolute atomic E-state index is 7.00. The molecule has 0 aromatic rings. The van der Waals surface area contributed by atoms with E-state index in [4.69, 9.17) is 80.4 Å². The zero-order valence-corrected chi connectivity index (χ0v) is 73.2. The molecule has 0 aromatic carbocycles. The average molecular weight is 1980 g/mol. The standard InChI is InChI=1S/C8H22O2Si2.C8H21O2Si2.2C5H12Si.C3H10O2Si.3C3H9O2Si.CH4Cl2Si.CH4O.CH3.4Pt.4H/c2*1-9-12(5,10-2)8-6-7-11(3)4;1-6(2)4-3-5-6;1-4-5-6(2)3;4*1-4-6(3)5-2;1-4(2)3;1-2;;;;;;;;;/h11H,6-8H2,1-5H3;6-8H2,1-5H3;3-5H2,1-2H3;1,4-5H2,2-3H3;6H,1-3H3;3*1-3H3;4H,1H3;2H,1H3;1H3;;;;;;;;/q;;;-1;;;;;;;-1;;;2*+1;;;;. The van der Waals surface area contributed by atoms with E-state index in [1.54, 1.807) is 97.4 Å². The molecule has 30 heteroatoms. The Labute approximate surface area is 528 Å². The summed E-state index contributed by atoms with van der Waals surface area (Å²) in [6.45, 7) is 36.7. The van der Waals surface area contributed by atoms with Gasteiger partial charge in [-0.05, 0) is 57.9 Å². The van der Waals surface area contributed by atoms with Crippen LogP contribution in [-0.4, -0.2) is 194 Å². The van der Waals surface area contributed by atoms with Crippen LogP contribution in [0.2, 0.25) is 141 Å². The third kappa shape index (κ3) is 119. The SMILES string of the molecule is CO.CO[SiH](C)OC.CO[Si](C)(CCC[SiH](C)C)OC.CO[Si](C)(CCC[Si](C)C)OC.CO[Si](C)OC.CO[Si](C)OC.CO[Si](C)OC.C[SiH](Cl)Cl.C[Si]1(C)CCC1.[CH2-]CC[Si](C)C.[CH3-].[PtH+].[PtH+].[PtH].[PtH]. The molecule has 1 aliphatic rings. The molecule has 71 heavy (non-hydrogen) atoms. The number of hydrogen-bond donors (Lipinski definition) is 1. The van der Waals surface area contributed by atoms with Crippen molar-refractivity contribution in [3.63, 3.8) is 0 Å². The van der Waals surface area contributed by atoms with Gasteiger partial charge in [-0.2, -0.15) is 28.6 Å². The number of hydrogen-bond acceptors (Lipinski definition) is 13. The van der Waals surface area contributed by atoms with Crippen molar-refractivity contribution in [2.24, 2.45) is 0 Å². The molecule has 0 aromatic heterocycles. The van der Waals surface area contributed by atoms with Crippen molar-refractivity contribution in [3.8, 4) is 0 Å². The first kappa shape index (κ1) is 111. The van der Waals surface area contributed by atoms with Crippen molar-refractivity contribution < 1.29 is 142 Å². The summed E-state index contributed by atoms with van der Waals surface area (Å²) in [7, 11) is 12.0. The molecule has 459 valence electrons. The fourth-order valence-corrected chi connectivity index (χ4v) is 12.4. The Kier molecular flexibility index (Phi) is 132. The summed E-state index contributed by atoms with van der Waals surface area (Å²) in [6, 6.07) is 9.61. The van der Waals surface area contributed by atoms with Crippen LogP contribution in [0, 0.1) is 14.4 Å². The number of aliphatic hydroxyl groups is 1. The van der Waals surface area contributed by atoms with E-state index in [-0.39, 0.29) is 118 Å². The summed E-state index contributed by atoms with van der Waals surface area (Å²) < 4.78 is 59.9. The molecule has 1 heterocycles. The van der Waals surface area contributed by atoms with Crippen LogP contribution in [0.4, 0.5) is 0 Å². The van der Waals surface area contributed by atoms with Crippen molar-refractivity contribution in [2.45, 2.75) is 166 Å². The second kappa shape index (κ2) is 84.0. The summed E-state index contributed by atoms with van der Waals surface area (Å²) >= 11 is 10.4. The molecule has 0 atom stereocenters. The molecular formula is C41H119Cl2O13Pt4Si11. The van der Waals surface area contributed by atoms with Crippen molar-refractivity contribution in [3.05, 3.63) is 14.4 Å². The van der Waals surface area contributed by atoms with E-state index in [0.717, 1.165) is 25.6 Å². The van der Waals surface area contributed by atoms with Gasteiger partial charge in [0.2, 0.25) is 7.42 Å². The first-order valence-corrected chi connectivity index (χ1v) is 51.8. The van der Waals surface area contributed by atoms with Crippen molar-refractivity contribution in [2.75, 3.05) is 92.4 Å². The van der Waals surface area contributed by atoms with E-state index in [0.29, 0.717) is 0 Å². The van der Waals surface area contributed by atoms with Crippen LogP contribution < -0.4 is 0 Å². The minimum absolute atomic E-state index is 0. The molecular weight excluding hydrogens is 1860 g/mol. The molecule has 0 bridgehead atoms. The molecule has 0 aliphatic carbocycles. The van der Waals surface area contributed by atoms with Crippen LogP contribution in [0.5, 0.6) is 0 Å². The molecule has 7 radical (unpaired) electrons. The topological polar surface area (TPSA) is 131 Å². The van der Waals surface area contributed by atoms with E-state index >= 15 is 0 Å². The molecule has 1 rings (SSSR count). The van der Waals surface area contributed by atoms with Crippen molar-refractivity contribution >= 4 is 118 Å². The van der Waals surface area contributed by atoms with E-state index in [9.17, 15) is 0 Å². The zero-order valence-electron chi connectivity index (χ0n) is 50.7. The van der Waals surface area contributed by atoms with Crippen LogP contribution >= 0.6 is 22.2 Å². The maximum atomic E-state index is 7.00. The fourth-order valence-electron chi connectivity index (χ4n) is 3.75. The van der Waals surface area contributed by atoms with Gasteiger partial charge in [-0.25, -0.2) is 0 Å². The van der Waals surface area contributed by atoms with Gasteiger partial charge in [0.05, 0.1) is 0 Å². The molecule has 1 aliphatic heterocycles. The van der Waals surface area contributed by atoms with Crippen LogP contribution in [0.25, 0.3) is 0 Å². The van der Waals surface area contributed by atoms with E-state index < -0.39 is 69.7 Å². The quantitative estimate of drug-likeness (QED) is 0.0628. The zero-order chi connectivity index (χ0) is 54.4. The Morgan fingerprint density at radius 2 is 0.789 bits per heavy atom. The molecule has 1 fully saturated rings. The van der Waals surface area contributed by atoms with Gasteiger partial charge in [0.15, 0.2) is 0 Å². The van der Waals surface area contributed by atoms with E-state index in [2.05, 4.69) is 72.4 Å². The summed E-state index contributed by atoms with van der Waals surface area (Å²) in [6.07, 6.45) is 5.21. The first-order valence-electron chi connectivity index (χ1n) is 22.6. The van der Waals surface area contributed by atoms with Crippen molar-refractivity contribution in [1.82, 2.24) is 0 Å². The summed E-state index contributed by atoms with van der Waals surface area (Å²) in [5.41, 5.74) is 0. The Bertz CT molecular complexity index is 787. The minimum atomic E-state index is -1.75. The fraction of sp³-hybridized carbons (Fsp3) is 0.951. The Morgan fingerprint density at radius 3 is 0.887 bits per heavy atom. The predicted octanol–water partition coefficient (Wildman–Crippen LogP) is 10.4. The Morgan fingerprint density at radius 1 is 0.549 bits per heavy atom. The van der Waals surface area contributed by atoms with Gasteiger partial charge in [-0.15, -0.1) is 0 Å². The van der Waals surface area contributed by atoms with Crippen LogP contribution in [0.3, 0.4) is 0 Å². The third-order valence-electron chi connectivity index (χ3n) is 9.22. The van der Waals surface area contributed by atoms with Gasteiger partial charge >= 0.3 is 139 Å². The van der Waals surface area contributed by atoms with Gasteiger partial charge in [0.25, 0.3) is 0 Å². The van der Waals surface area contributed by atoms with Gasteiger partial charge in [-0.1, -0.05) is 102 Å². The van der Waals surface area contributed by atoms with E-state index in [1.807, 2.05) is 32.7 Å². The van der Waals surface area contributed by atoms with Gasteiger partial charge < -0.3 is 72.6 Å². The molecule has 0 amide bonds. The van der Waals surface area contributed by atoms with Gasteiger partial charge in [0, 0.05) is 127 Å². The summed E-state index contributed by atoms with van der Waals surface area (Å²) in [5, 5.41) is 7.00. The van der Waals surface area contributed by atoms with Gasteiger partial charge in [0.1, 0.15) is 0 Å². The molecule has 1 N–H and O–H groups in total. The summed E-state index contributed by atoms with van der Waals surface area (Å²) in [5.74, 6) is 0. The number of halogens is 2. The molecule has 0 unspecified atom stereocenters. The molecule has 13 nitrogen and oxygen atoms in total. The second-order valence-electron chi connectivity index (χ2n) is 16.5. The monoisotopic (exact) mass is 1980 g/mol. The van der Waals surface area contributed by atoms with E-state index in [1.165, 1.54) is 37.4 Å². The Hall–Kier alpha value is 5.20. The molecule has 0 saturated carbocycles. The number of rotatable bonds is 22. The number of aliphatic hydroxyl groups excluding tert-OH is 1. The van der Waals surface area contributed by atoms with Crippen LogP contribution in [-0.2, 0) is 137 Å². The third-order valence-corrected chi connectivity index (χ3v) is 27.7. The first-order chi connectivity index (χ1) is 30.5. The average Bonchev–Trinajstić information content (AvgIpc) is 3.28. The van der Waals surface area contributed by atoms with Gasteiger partial charge in [-0.3, -0.25) is 0 Å². The van der Waals surface area contributed by atoms with Crippen LogP contribution in [0.15, 0.2) is 0 Å². The van der Waals surface area contributed by atoms with Crippen LogP contribution in [0.1, 0.15) is 25.7 Å². The summed E-state index contributed by atoms with van der Waals surface area (Å²) in [4.78, 5) is 0. The Balaban J connectivity index is -0.0000000432. The normalized spacial score (nSPS) is 11.5. The predicted molar refractivity (Wildman–Crippen MR) is 329 cm³/mol. The second-order valence-corrected chi connectivity index (χ2v) is 51.3. The molecule has 1 saturated heterocycles.